The Bertz CT molecular complexity index is 293. The number of nitrogens with zero attached hydrogens (tertiary/aromatic N) is 1. The van der Waals surface area contributed by atoms with Gasteiger partial charge in [-0.2, -0.15) is 13.2 Å². The van der Waals surface area contributed by atoms with Gasteiger partial charge in [-0.05, 0) is 6.92 Å². The van der Waals surface area contributed by atoms with Crippen LogP contribution in [-0.4, -0.2) is 69.0 Å². The van der Waals surface area contributed by atoms with E-state index in [0.29, 0.717) is 26.2 Å². The van der Waals surface area contributed by atoms with Crippen LogP contribution in [-0.2, 0) is 9.53 Å². The number of alkyl halides is 3. The van der Waals surface area contributed by atoms with E-state index >= 15 is 0 Å². The second-order valence-electron chi connectivity index (χ2n) is 4.47. The van der Waals surface area contributed by atoms with Gasteiger partial charge in [0.2, 0.25) is 5.91 Å². The first-order valence-electron chi connectivity index (χ1n) is 6.18. The van der Waals surface area contributed by atoms with Crippen LogP contribution in [0.4, 0.5) is 13.2 Å². The summed E-state index contributed by atoms with van der Waals surface area (Å²) in [4.78, 5) is 12.8. The zero-order chi connectivity index (χ0) is 14.5. The summed E-state index contributed by atoms with van der Waals surface area (Å²) in [5.74, 6) is -0.535. The molecular weight excluding hydrogens is 263 g/mol. The van der Waals surface area contributed by atoms with Crippen LogP contribution in [0.3, 0.4) is 0 Å². The van der Waals surface area contributed by atoms with Gasteiger partial charge in [-0.1, -0.05) is 0 Å². The lowest BCUT2D eigenvalue weighted by Gasteiger charge is -2.36. The third-order valence-electron chi connectivity index (χ3n) is 3.16. The molecule has 0 aromatic carbocycles. The summed E-state index contributed by atoms with van der Waals surface area (Å²) in [6.07, 6.45) is -5.11. The average molecular weight is 283 g/mol. The number of nitrogens with one attached hydrogen (secondary N) is 2. The number of carbonyl (C=O) groups is 1. The number of hydrogen-bond acceptors (Lipinski definition) is 4. The Balaban J connectivity index is 2.57. The van der Waals surface area contributed by atoms with Gasteiger partial charge in [-0.15, -0.1) is 0 Å². The molecule has 1 rings (SSSR count). The standard InChI is InChI=1S/C11H20F3N3O2/c1-8(19-2)10(18)16-7-9(11(12,13)14)17-5-3-15-4-6-17/h8-9,15H,3-7H2,1-2H3,(H,16,18). The van der Waals surface area contributed by atoms with Crippen molar-refractivity contribution >= 4 is 5.91 Å². The van der Waals surface area contributed by atoms with E-state index in [4.69, 9.17) is 4.74 Å². The number of rotatable bonds is 5. The van der Waals surface area contributed by atoms with Crippen molar-refractivity contribution in [2.45, 2.75) is 25.2 Å². The molecule has 0 radical (unpaired) electrons. The molecule has 2 N–H and O–H groups in total. The van der Waals surface area contributed by atoms with E-state index < -0.39 is 30.8 Å². The van der Waals surface area contributed by atoms with Crippen molar-refractivity contribution in [1.29, 1.82) is 0 Å². The zero-order valence-corrected chi connectivity index (χ0v) is 11.1. The highest BCUT2D eigenvalue weighted by Crippen LogP contribution is 2.24. The average Bonchev–Trinajstić information content (AvgIpc) is 2.37. The molecule has 1 heterocycles. The number of amides is 1. The van der Waals surface area contributed by atoms with Crippen LogP contribution >= 0.6 is 0 Å². The van der Waals surface area contributed by atoms with Gasteiger partial charge in [0.1, 0.15) is 12.1 Å². The van der Waals surface area contributed by atoms with Crippen LogP contribution in [0.1, 0.15) is 6.92 Å². The van der Waals surface area contributed by atoms with Crippen LogP contribution in [0, 0.1) is 0 Å². The lowest BCUT2D eigenvalue weighted by Crippen LogP contribution is -2.58. The summed E-state index contributed by atoms with van der Waals surface area (Å²) in [6, 6.07) is -1.65. The van der Waals surface area contributed by atoms with Gasteiger partial charge < -0.3 is 15.4 Å². The van der Waals surface area contributed by atoms with E-state index in [0.717, 1.165) is 0 Å². The fraction of sp³-hybridized carbons (Fsp3) is 0.909. The highest BCUT2D eigenvalue weighted by Gasteiger charge is 2.43. The van der Waals surface area contributed by atoms with Crippen molar-refractivity contribution in [3.63, 3.8) is 0 Å². The van der Waals surface area contributed by atoms with E-state index in [1.165, 1.54) is 18.9 Å². The van der Waals surface area contributed by atoms with Gasteiger partial charge in [-0.25, -0.2) is 0 Å². The molecule has 1 fully saturated rings. The molecule has 2 atom stereocenters. The molecule has 112 valence electrons. The SMILES string of the molecule is COC(C)C(=O)NCC(N1CCNCC1)C(F)(F)F. The highest BCUT2D eigenvalue weighted by molar-refractivity contribution is 5.80. The molecule has 0 aromatic rings. The first kappa shape index (κ1) is 16.2. The molecule has 2 unspecified atom stereocenters. The molecule has 1 amide bonds. The lowest BCUT2D eigenvalue weighted by atomic mass is 10.2. The van der Waals surface area contributed by atoms with Gasteiger partial charge in [0, 0.05) is 39.8 Å². The Morgan fingerprint density at radius 2 is 2.00 bits per heavy atom. The van der Waals surface area contributed by atoms with E-state index in [9.17, 15) is 18.0 Å². The Labute approximate surface area is 110 Å². The quantitative estimate of drug-likeness (QED) is 0.744. The summed E-state index contributed by atoms with van der Waals surface area (Å²) in [5.41, 5.74) is 0. The summed E-state index contributed by atoms with van der Waals surface area (Å²) >= 11 is 0. The van der Waals surface area contributed by atoms with Gasteiger partial charge in [0.05, 0.1) is 0 Å². The minimum absolute atomic E-state index is 0.319. The Morgan fingerprint density at radius 3 is 2.47 bits per heavy atom. The van der Waals surface area contributed by atoms with Crippen molar-refractivity contribution in [1.82, 2.24) is 15.5 Å². The zero-order valence-electron chi connectivity index (χ0n) is 11.1. The maximum Gasteiger partial charge on any atom is 0.405 e. The van der Waals surface area contributed by atoms with E-state index in [1.54, 1.807) is 0 Å². The molecule has 1 aliphatic rings. The Morgan fingerprint density at radius 1 is 1.42 bits per heavy atom. The first-order valence-corrected chi connectivity index (χ1v) is 6.18. The molecule has 8 heteroatoms. The lowest BCUT2D eigenvalue weighted by molar-refractivity contribution is -0.184. The number of methoxy groups -OCH3 is 1. The third kappa shape index (κ3) is 4.96. The molecule has 0 spiro atoms. The minimum Gasteiger partial charge on any atom is -0.372 e. The Kier molecular flexibility index (Phi) is 6.02. The van der Waals surface area contributed by atoms with Gasteiger partial charge in [0.25, 0.3) is 0 Å². The fourth-order valence-electron chi connectivity index (χ4n) is 1.89. The van der Waals surface area contributed by atoms with E-state index in [2.05, 4.69) is 10.6 Å². The molecule has 0 bridgehead atoms. The van der Waals surface area contributed by atoms with Crippen molar-refractivity contribution in [3.05, 3.63) is 0 Å². The van der Waals surface area contributed by atoms with Gasteiger partial charge in [-0.3, -0.25) is 9.69 Å². The molecule has 1 saturated heterocycles. The molecule has 0 aromatic heterocycles. The van der Waals surface area contributed by atoms with Crippen LogP contribution in [0.2, 0.25) is 0 Å². The minimum atomic E-state index is -4.36. The summed E-state index contributed by atoms with van der Waals surface area (Å²) in [6.45, 7) is 2.72. The Hall–Kier alpha value is -0.860. The van der Waals surface area contributed by atoms with Crippen LogP contribution in [0.5, 0.6) is 0 Å². The van der Waals surface area contributed by atoms with Crippen molar-refractivity contribution < 1.29 is 22.7 Å². The predicted octanol–water partition coefficient (Wildman–Crippen LogP) is -0.0264. The fourth-order valence-corrected chi connectivity index (χ4v) is 1.89. The predicted molar refractivity (Wildman–Crippen MR) is 63.8 cm³/mol. The monoisotopic (exact) mass is 283 g/mol. The van der Waals surface area contributed by atoms with E-state index in [1.807, 2.05) is 0 Å². The van der Waals surface area contributed by atoms with Crippen molar-refractivity contribution in [3.8, 4) is 0 Å². The number of ether oxygens (including phenoxy) is 1. The summed E-state index contributed by atoms with van der Waals surface area (Å²) in [7, 11) is 1.34. The summed E-state index contributed by atoms with van der Waals surface area (Å²) < 4.78 is 43.7. The second-order valence-corrected chi connectivity index (χ2v) is 4.47. The molecular formula is C11H20F3N3O2. The van der Waals surface area contributed by atoms with Crippen molar-refractivity contribution in [2.75, 3.05) is 39.8 Å². The van der Waals surface area contributed by atoms with Gasteiger partial charge in [0.15, 0.2) is 0 Å². The van der Waals surface area contributed by atoms with Crippen LogP contribution in [0.15, 0.2) is 0 Å². The maximum absolute atomic E-state index is 13.0. The summed E-state index contributed by atoms with van der Waals surface area (Å²) in [5, 5.41) is 5.29. The third-order valence-corrected chi connectivity index (χ3v) is 3.16. The largest absolute Gasteiger partial charge is 0.405 e. The van der Waals surface area contributed by atoms with Crippen LogP contribution < -0.4 is 10.6 Å². The smallest absolute Gasteiger partial charge is 0.372 e. The topological polar surface area (TPSA) is 53.6 Å². The molecule has 1 aliphatic heterocycles. The normalized spacial score (nSPS) is 20.9. The molecule has 5 nitrogen and oxygen atoms in total. The van der Waals surface area contributed by atoms with Crippen molar-refractivity contribution in [2.24, 2.45) is 0 Å². The van der Waals surface area contributed by atoms with E-state index in [-0.39, 0.29) is 0 Å². The molecule has 19 heavy (non-hydrogen) atoms. The number of piperazine rings is 1. The second kappa shape index (κ2) is 7.06. The molecule has 0 saturated carbocycles. The highest BCUT2D eigenvalue weighted by atomic mass is 19.4. The molecule has 0 aliphatic carbocycles. The number of halogens is 3. The first-order chi connectivity index (χ1) is 8.86. The number of hydrogen-bond donors (Lipinski definition) is 2. The number of carbonyl (C=O) groups excluding carboxylic acids is 1. The van der Waals surface area contributed by atoms with Crippen LogP contribution in [0.25, 0.3) is 0 Å². The maximum atomic E-state index is 13.0. The van der Waals surface area contributed by atoms with Gasteiger partial charge >= 0.3 is 6.18 Å².